The second kappa shape index (κ2) is 7.11. The Morgan fingerprint density at radius 1 is 0.960 bits per heavy atom. The summed E-state index contributed by atoms with van der Waals surface area (Å²) in [6.07, 6.45) is 0.0835. The normalized spacial score (nSPS) is 18.9. The SMILES string of the molecule is COc1cc(OC)c2c(c1)O[C@H](c1ccc(O)c(OC)c1)[C@H](OC)C2. The molecule has 2 aromatic carbocycles. The first-order valence-electron chi connectivity index (χ1n) is 7.92. The average Bonchev–Trinajstić information content (AvgIpc) is 2.66. The van der Waals surface area contributed by atoms with E-state index in [1.165, 1.54) is 7.11 Å². The summed E-state index contributed by atoms with van der Waals surface area (Å²) in [5, 5.41) is 9.82. The highest BCUT2D eigenvalue weighted by atomic mass is 16.5. The summed E-state index contributed by atoms with van der Waals surface area (Å²) in [4.78, 5) is 0. The number of rotatable bonds is 5. The van der Waals surface area contributed by atoms with E-state index >= 15 is 0 Å². The summed E-state index contributed by atoms with van der Waals surface area (Å²) < 4.78 is 27.9. The predicted molar refractivity (Wildman–Crippen MR) is 92.1 cm³/mol. The van der Waals surface area contributed by atoms with Crippen molar-refractivity contribution in [3.63, 3.8) is 0 Å². The van der Waals surface area contributed by atoms with Gasteiger partial charge in [0.25, 0.3) is 0 Å². The van der Waals surface area contributed by atoms with Crippen molar-refractivity contribution < 1.29 is 28.8 Å². The van der Waals surface area contributed by atoms with Crippen LogP contribution >= 0.6 is 0 Å². The lowest BCUT2D eigenvalue weighted by Gasteiger charge is -2.34. The number of phenolic OH excluding ortho intramolecular Hbond substituents is 1. The van der Waals surface area contributed by atoms with Gasteiger partial charge in [0.2, 0.25) is 0 Å². The van der Waals surface area contributed by atoms with Crippen LogP contribution in [0.15, 0.2) is 30.3 Å². The number of hydrogen-bond acceptors (Lipinski definition) is 6. The first-order chi connectivity index (χ1) is 12.1. The summed E-state index contributed by atoms with van der Waals surface area (Å²) in [6, 6.07) is 8.82. The average molecular weight is 346 g/mol. The predicted octanol–water partition coefficient (Wildman–Crippen LogP) is 3.11. The molecule has 0 aliphatic carbocycles. The molecule has 0 aromatic heterocycles. The van der Waals surface area contributed by atoms with Crippen LogP contribution in [0.2, 0.25) is 0 Å². The van der Waals surface area contributed by atoms with Crippen molar-refractivity contribution in [2.75, 3.05) is 28.4 Å². The maximum Gasteiger partial charge on any atom is 0.160 e. The summed E-state index contributed by atoms with van der Waals surface area (Å²) in [5.41, 5.74) is 1.80. The first kappa shape index (κ1) is 17.2. The highest BCUT2D eigenvalue weighted by molar-refractivity contribution is 5.53. The van der Waals surface area contributed by atoms with Crippen molar-refractivity contribution in [3.05, 3.63) is 41.5 Å². The van der Waals surface area contributed by atoms with Gasteiger partial charge in [0.15, 0.2) is 17.6 Å². The molecular weight excluding hydrogens is 324 g/mol. The summed E-state index contributed by atoms with van der Waals surface area (Å²) in [7, 11) is 6.39. The van der Waals surface area contributed by atoms with E-state index in [9.17, 15) is 5.11 Å². The van der Waals surface area contributed by atoms with E-state index in [1.54, 1.807) is 39.5 Å². The summed E-state index contributed by atoms with van der Waals surface area (Å²) in [5.74, 6) is 2.54. The molecule has 6 nitrogen and oxygen atoms in total. The van der Waals surface area contributed by atoms with Gasteiger partial charge in [0, 0.05) is 31.2 Å². The fraction of sp³-hybridized carbons (Fsp3) is 0.368. The molecule has 0 unspecified atom stereocenters. The lowest BCUT2D eigenvalue weighted by atomic mass is 9.93. The molecule has 1 aliphatic heterocycles. The van der Waals surface area contributed by atoms with Gasteiger partial charge < -0.3 is 28.8 Å². The Morgan fingerprint density at radius 3 is 2.36 bits per heavy atom. The summed E-state index contributed by atoms with van der Waals surface area (Å²) >= 11 is 0. The van der Waals surface area contributed by atoms with Gasteiger partial charge in [-0.15, -0.1) is 0 Å². The molecule has 25 heavy (non-hydrogen) atoms. The fourth-order valence-electron chi connectivity index (χ4n) is 3.08. The third-order valence-corrected chi connectivity index (χ3v) is 4.43. The number of ether oxygens (including phenoxy) is 5. The molecule has 2 aromatic rings. The number of hydrogen-bond donors (Lipinski definition) is 1. The third-order valence-electron chi connectivity index (χ3n) is 4.43. The molecule has 0 radical (unpaired) electrons. The minimum absolute atomic E-state index is 0.0831. The number of aromatic hydroxyl groups is 1. The van der Waals surface area contributed by atoms with Gasteiger partial charge in [-0.25, -0.2) is 0 Å². The Balaban J connectivity index is 2.03. The number of fused-ring (bicyclic) bond motifs is 1. The van der Waals surface area contributed by atoms with Crippen LogP contribution in [0.3, 0.4) is 0 Å². The fourth-order valence-corrected chi connectivity index (χ4v) is 3.08. The van der Waals surface area contributed by atoms with Gasteiger partial charge in [0.05, 0.1) is 21.3 Å². The van der Waals surface area contributed by atoms with Gasteiger partial charge in [-0.1, -0.05) is 6.07 Å². The van der Waals surface area contributed by atoms with Gasteiger partial charge in [0.1, 0.15) is 23.4 Å². The Labute approximate surface area is 146 Å². The molecular formula is C19H22O6. The van der Waals surface area contributed by atoms with Gasteiger partial charge >= 0.3 is 0 Å². The zero-order chi connectivity index (χ0) is 18.0. The Hall–Kier alpha value is -2.60. The van der Waals surface area contributed by atoms with Crippen LogP contribution < -0.4 is 18.9 Å². The minimum atomic E-state index is -0.344. The largest absolute Gasteiger partial charge is 0.504 e. The molecule has 134 valence electrons. The van der Waals surface area contributed by atoms with Gasteiger partial charge in [-0.2, -0.15) is 0 Å². The monoisotopic (exact) mass is 346 g/mol. The number of methoxy groups -OCH3 is 4. The third kappa shape index (κ3) is 3.17. The van der Waals surface area contributed by atoms with Crippen molar-refractivity contribution in [1.82, 2.24) is 0 Å². The molecule has 2 atom stereocenters. The zero-order valence-corrected chi connectivity index (χ0v) is 14.7. The van der Waals surface area contributed by atoms with E-state index in [-0.39, 0.29) is 18.0 Å². The van der Waals surface area contributed by atoms with Crippen molar-refractivity contribution >= 4 is 0 Å². The van der Waals surface area contributed by atoms with Crippen LogP contribution in [0.25, 0.3) is 0 Å². The van der Waals surface area contributed by atoms with E-state index in [0.29, 0.717) is 29.4 Å². The van der Waals surface area contributed by atoms with E-state index < -0.39 is 0 Å². The maximum atomic E-state index is 9.82. The first-order valence-corrected chi connectivity index (χ1v) is 7.92. The molecule has 6 heteroatoms. The van der Waals surface area contributed by atoms with Gasteiger partial charge in [-0.05, 0) is 17.7 Å². The van der Waals surface area contributed by atoms with Crippen molar-refractivity contribution in [2.45, 2.75) is 18.6 Å². The molecule has 1 heterocycles. The van der Waals surface area contributed by atoms with Gasteiger partial charge in [-0.3, -0.25) is 0 Å². The van der Waals surface area contributed by atoms with Crippen molar-refractivity contribution in [1.29, 1.82) is 0 Å². The zero-order valence-electron chi connectivity index (χ0n) is 14.7. The standard InChI is InChI=1S/C19H22O6/c1-21-12-8-15(22-2)13-10-18(24-4)19(25-16(13)9-12)11-5-6-14(20)17(7-11)23-3/h5-9,18-20H,10H2,1-4H3/t18-,19-/m1/s1. The highest BCUT2D eigenvalue weighted by Gasteiger charge is 2.34. The maximum absolute atomic E-state index is 9.82. The lowest BCUT2D eigenvalue weighted by molar-refractivity contribution is -0.0122. The molecule has 0 bridgehead atoms. The molecule has 1 aliphatic rings. The second-order valence-corrected chi connectivity index (χ2v) is 5.75. The van der Waals surface area contributed by atoms with Crippen molar-refractivity contribution in [3.8, 4) is 28.7 Å². The number of phenols is 1. The molecule has 0 spiro atoms. The molecule has 0 saturated heterocycles. The molecule has 0 amide bonds. The minimum Gasteiger partial charge on any atom is -0.504 e. The molecule has 0 fully saturated rings. The van der Waals surface area contributed by atoms with E-state index in [1.807, 2.05) is 12.1 Å². The van der Waals surface area contributed by atoms with Crippen LogP contribution in [-0.2, 0) is 11.2 Å². The van der Waals surface area contributed by atoms with Crippen LogP contribution in [0.4, 0.5) is 0 Å². The Morgan fingerprint density at radius 2 is 1.72 bits per heavy atom. The molecule has 0 saturated carbocycles. The quantitative estimate of drug-likeness (QED) is 0.897. The van der Waals surface area contributed by atoms with Crippen molar-refractivity contribution in [2.24, 2.45) is 0 Å². The van der Waals surface area contributed by atoms with E-state index in [2.05, 4.69) is 0 Å². The topological polar surface area (TPSA) is 66.4 Å². The molecule has 1 N–H and O–H groups in total. The van der Waals surface area contributed by atoms with Crippen LogP contribution in [0.5, 0.6) is 28.7 Å². The smallest absolute Gasteiger partial charge is 0.160 e. The van der Waals surface area contributed by atoms with Crippen LogP contribution in [0.1, 0.15) is 17.2 Å². The highest BCUT2D eigenvalue weighted by Crippen LogP contribution is 2.44. The second-order valence-electron chi connectivity index (χ2n) is 5.75. The molecule has 3 rings (SSSR count). The Bertz CT molecular complexity index is 758. The van der Waals surface area contributed by atoms with E-state index in [0.717, 1.165) is 11.1 Å². The van der Waals surface area contributed by atoms with Crippen LogP contribution in [0, 0.1) is 0 Å². The van der Waals surface area contributed by atoms with Crippen LogP contribution in [-0.4, -0.2) is 39.6 Å². The van der Waals surface area contributed by atoms with E-state index in [4.69, 9.17) is 23.7 Å². The number of benzene rings is 2. The summed E-state index contributed by atoms with van der Waals surface area (Å²) in [6.45, 7) is 0. The lowest BCUT2D eigenvalue weighted by Crippen LogP contribution is -2.32. The Kier molecular flexibility index (Phi) is 4.90.